The van der Waals surface area contributed by atoms with Gasteiger partial charge in [0, 0.05) is 6.07 Å². The Morgan fingerprint density at radius 2 is 2.12 bits per heavy atom. The van der Waals surface area contributed by atoms with Gasteiger partial charge in [-0.3, -0.25) is 4.79 Å². The number of H-pyrrole nitrogens is 1. The number of nitrogens with zero attached hydrogens (tertiary/aromatic N) is 2. The Morgan fingerprint density at radius 3 is 2.71 bits per heavy atom. The van der Waals surface area contributed by atoms with E-state index < -0.39 is 17.5 Å². The molecule has 2 N–H and O–H groups in total. The van der Waals surface area contributed by atoms with Crippen LogP contribution in [0.2, 0.25) is 0 Å². The fourth-order valence-electron chi connectivity index (χ4n) is 1.27. The van der Waals surface area contributed by atoms with Gasteiger partial charge in [-0.25, -0.2) is 8.78 Å². The first-order valence-corrected chi connectivity index (χ1v) is 4.71. The van der Waals surface area contributed by atoms with Crippen LogP contribution >= 0.6 is 0 Å². The van der Waals surface area contributed by atoms with E-state index in [-0.39, 0.29) is 11.4 Å². The molecule has 0 aliphatic carbocycles. The Kier molecular flexibility index (Phi) is 2.82. The Hall–Kier alpha value is -2.31. The number of hydrogen-bond acceptors (Lipinski definition) is 3. The maximum Gasteiger partial charge on any atom is 0.278 e. The summed E-state index contributed by atoms with van der Waals surface area (Å²) in [6.07, 6.45) is 0. The number of rotatable bonds is 2. The van der Waals surface area contributed by atoms with Gasteiger partial charge in [0.05, 0.1) is 11.4 Å². The van der Waals surface area contributed by atoms with E-state index in [1.54, 1.807) is 6.92 Å². The number of benzene rings is 1. The van der Waals surface area contributed by atoms with E-state index in [0.717, 1.165) is 12.1 Å². The van der Waals surface area contributed by atoms with Gasteiger partial charge < -0.3 is 5.32 Å². The second kappa shape index (κ2) is 4.28. The lowest BCUT2D eigenvalue weighted by atomic mass is 10.2. The number of anilines is 1. The zero-order valence-electron chi connectivity index (χ0n) is 8.79. The Bertz CT molecular complexity index is 567. The van der Waals surface area contributed by atoms with Crippen LogP contribution in [0, 0.1) is 18.6 Å². The van der Waals surface area contributed by atoms with Crippen LogP contribution in [0.3, 0.4) is 0 Å². The number of halogens is 2. The van der Waals surface area contributed by atoms with Gasteiger partial charge in [0.25, 0.3) is 5.91 Å². The molecular weight excluding hydrogens is 230 g/mol. The van der Waals surface area contributed by atoms with Gasteiger partial charge in [0.1, 0.15) is 11.6 Å². The molecule has 2 rings (SSSR count). The molecule has 1 aromatic heterocycles. The first-order chi connectivity index (χ1) is 8.08. The van der Waals surface area contributed by atoms with Crippen molar-refractivity contribution in [2.45, 2.75) is 6.92 Å². The van der Waals surface area contributed by atoms with Gasteiger partial charge >= 0.3 is 0 Å². The molecule has 2 aromatic rings. The molecule has 0 radical (unpaired) electrons. The lowest BCUT2D eigenvalue weighted by Crippen LogP contribution is -2.14. The Morgan fingerprint density at radius 1 is 1.35 bits per heavy atom. The van der Waals surface area contributed by atoms with Crippen molar-refractivity contribution < 1.29 is 13.6 Å². The highest BCUT2D eigenvalue weighted by Gasteiger charge is 2.15. The minimum atomic E-state index is -0.848. The van der Waals surface area contributed by atoms with E-state index in [4.69, 9.17) is 0 Å². The summed E-state index contributed by atoms with van der Waals surface area (Å²) < 4.78 is 25.9. The van der Waals surface area contributed by atoms with Crippen LogP contribution in [0.4, 0.5) is 14.5 Å². The van der Waals surface area contributed by atoms with E-state index in [2.05, 4.69) is 20.7 Å². The molecule has 0 fully saturated rings. The van der Waals surface area contributed by atoms with Gasteiger partial charge in [-0.15, -0.1) is 0 Å². The molecule has 1 heterocycles. The monoisotopic (exact) mass is 238 g/mol. The summed E-state index contributed by atoms with van der Waals surface area (Å²) in [5, 5.41) is 11.8. The fraction of sp³-hybridized carbons (Fsp3) is 0.100. The lowest BCUT2D eigenvalue weighted by Gasteiger charge is -2.04. The van der Waals surface area contributed by atoms with Crippen molar-refractivity contribution in [1.82, 2.24) is 15.4 Å². The number of carbonyl (C=O) groups is 1. The highest BCUT2D eigenvalue weighted by molar-refractivity contribution is 6.03. The quantitative estimate of drug-likeness (QED) is 0.835. The Balaban J connectivity index is 2.22. The molecule has 88 valence electrons. The van der Waals surface area contributed by atoms with Crippen molar-refractivity contribution >= 4 is 11.6 Å². The zero-order chi connectivity index (χ0) is 12.4. The van der Waals surface area contributed by atoms with Gasteiger partial charge in [-0.05, 0) is 19.1 Å². The number of hydrogen-bond donors (Lipinski definition) is 2. The molecule has 0 atom stereocenters. The largest absolute Gasteiger partial charge is 0.318 e. The molecule has 5 nitrogen and oxygen atoms in total. The third-order valence-corrected chi connectivity index (χ3v) is 2.12. The maximum atomic E-state index is 13.3. The van der Waals surface area contributed by atoms with E-state index in [0.29, 0.717) is 11.8 Å². The fourth-order valence-corrected chi connectivity index (χ4v) is 1.27. The van der Waals surface area contributed by atoms with Crippen LogP contribution in [0.1, 0.15) is 16.2 Å². The number of amides is 1. The number of aromatic nitrogens is 3. The molecule has 0 aliphatic rings. The molecule has 0 spiro atoms. The van der Waals surface area contributed by atoms with Crippen LogP contribution in [-0.2, 0) is 0 Å². The molecule has 0 unspecified atom stereocenters. The highest BCUT2D eigenvalue weighted by atomic mass is 19.1. The van der Waals surface area contributed by atoms with E-state index >= 15 is 0 Å². The molecule has 0 saturated carbocycles. The molecule has 0 aliphatic heterocycles. The average molecular weight is 238 g/mol. The second-order valence-corrected chi connectivity index (χ2v) is 3.34. The number of aryl methyl sites for hydroxylation is 1. The molecule has 1 amide bonds. The predicted molar refractivity (Wildman–Crippen MR) is 55.4 cm³/mol. The summed E-state index contributed by atoms with van der Waals surface area (Å²) in [4.78, 5) is 11.6. The van der Waals surface area contributed by atoms with Crippen molar-refractivity contribution in [3.8, 4) is 0 Å². The second-order valence-electron chi connectivity index (χ2n) is 3.34. The van der Waals surface area contributed by atoms with Crippen molar-refractivity contribution in [3.05, 3.63) is 41.2 Å². The number of nitrogens with one attached hydrogen (secondary N) is 2. The molecular formula is C10H8F2N4O. The third kappa shape index (κ3) is 2.27. The normalized spacial score (nSPS) is 10.3. The smallest absolute Gasteiger partial charge is 0.278 e. The molecule has 7 heteroatoms. The topological polar surface area (TPSA) is 70.7 Å². The first-order valence-electron chi connectivity index (χ1n) is 4.71. The average Bonchev–Trinajstić information content (AvgIpc) is 2.68. The summed E-state index contributed by atoms with van der Waals surface area (Å²) in [7, 11) is 0. The van der Waals surface area contributed by atoms with Crippen LogP contribution in [0.25, 0.3) is 0 Å². The number of aromatic amines is 1. The molecule has 0 saturated heterocycles. The van der Waals surface area contributed by atoms with Crippen LogP contribution in [-0.4, -0.2) is 21.3 Å². The van der Waals surface area contributed by atoms with Gasteiger partial charge in [-0.1, -0.05) is 0 Å². The Labute approximate surface area is 94.8 Å². The summed E-state index contributed by atoms with van der Waals surface area (Å²) in [6, 6.07) is 2.87. The third-order valence-electron chi connectivity index (χ3n) is 2.12. The van der Waals surface area contributed by atoms with Gasteiger partial charge in [-0.2, -0.15) is 15.4 Å². The minimum Gasteiger partial charge on any atom is -0.318 e. The standard InChI is InChI=1S/C10H8F2N4O/c1-5-9(15-16-14-5)10(17)13-8-3-2-6(11)4-7(8)12/h2-4H,1H3,(H,13,17)(H,14,15,16). The number of carbonyl (C=O) groups excluding carboxylic acids is 1. The maximum absolute atomic E-state index is 13.3. The summed E-state index contributed by atoms with van der Waals surface area (Å²) in [5.74, 6) is -2.17. The summed E-state index contributed by atoms with van der Waals surface area (Å²) in [6.45, 7) is 1.58. The lowest BCUT2D eigenvalue weighted by molar-refractivity contribution is 0.102. The summed E-state index contributed by atoms with van der Waals surface area (Å²) in [5.41, 5.74) is 0.345. The molecule has 1 aromatic carbocycles. The first kappa shape index (κ1) is 11.2. The molecule has 17 heavy (non-hydrogen) atoms. The van der Waals surface area contributed by atoms with Crippen molar-refractivity contribution in [2.24, 2.45) is 0 Å². The highest BCUT2D eigenvalue weighted by Crippen LogP contribution is 2.15. The van der Waals surface area contributed by atoms with Crippen LogP contribution < -0.4 is 5.32 Å². The minimum absolute atomic E-state index is 0.0636. The van der Waals surface area contributed by atoms with Crippen LogP contribution in [0.5, 0.6) is 0 Å². The zero-order valence-corrected chi connectivity index (χ0v) is 8.79. The van der Waals surface area contributed by atoms with Crippen LogP contribution in [0.15, 0.2) is 18.2 Å². The van der Waals surface area contributed by atoms with E-state index in [1.165, 1.54) is 0 Å². The molecule has 0 bridgehead atoms. The van der Waals surface area contributed by atoms with Crippen molar-refractivity contribution in [1.29, 1.82) is 0 Å². The van der Waals surface area contributed by atoms with Crippen molar-refractivity contribution in [2.75, 3.05) is 5.32 Å². The van der Waals surface area contributed by atoms with E-state index in [9.17, 15) is 13.6 Å². The van der Waals surface area contributed by atoms with Gasteiger partial charge in [0.2, 0.25) is 0 Å². The predicted octanol–water partition coefficient (Wildman–Crippen LogP) is 1.64. The van der Waals surface area contributed by atoms with Crippen molar-refractivity contribution in [3.63, 3.8) is 0 Å². The van der Waals surface area contributed by atoms with E-state index in [1.807, 2.05) is 0 Å². The van der Waals surface area contributed by atoms with Gasteiger partial charge in [0.15, 0.2) is 5.69 Å². The SMILES string of the molecule is Cc1n[nH]nc1C(=O)Nc1ccc(F)cc1F. The summed E-state index contributed by atoms with van der Waals surface area (Å²) >= 11 is 0.